The smallest absolute Gasteiger partial charge is 0.225 e. The molecule has 2 atom stereocenters. The van der Waals surface area contributed by atoms with Gasteiger partial charge in [0.15, 0.2) is 0 Å². The number of thiophene rings is 1. The molecule has 0 aromatic carbocycles. The predicted molar refractivity (Wildman–Crippen MR) is 114 cm³/mol. The van der Waals surface area contributed by atoms with Crippen molar-refractivity contribution in [1.82, 2.24) is 14.4 Å². The van der Waals surface area contributed by atoms with Crippen LogP contribution in [0, 0.1) is 0 Å². The number of aryl methyl sites for hydroxylation is 1. The third kappa shape index (κ3) is 4.02. The van der Waals surface area contributed by atoms with E-state index in [1.807, 2.05) is 29.9 Å². The van der Waals surface area contributed by atoms with Crippen molar-refractivity contribution in [2.45, 2.75) is 82.5 Å². The fourth-order valence-corrected chi connectivity index (χ4v) is 6.22. The van der Waals surface area contributed by atoms with Crippen LogP contribution in [0.4, 0.5) is 0 Å². The topological polar surface area (TPSA) is 47.5 Å². The van der Waals surface area contributed by atoms with Crippen molar-refractivity contribution in [1.29, 1.82) is 0 Å². The van der Waals surface area contributed by atoms with Gasteiger partial charge in [-0.25, -0.2) is 14.4 Å². The summed E-state index contributed by atoms with van der Waals surface area (Å²) in [5.41, 5.74) is 1.43. The quantitative estimate of drug-likeness (QED) is 0.564. The minimum Gasteiger partial charge on any atom is -0.474 e. The molecule has 154 valence electrons. The zero-order valence-corrected chi connectivity index (χ0v) is 18.6. The minimum atomic E-state index is 0.212. The summed E-state index contributed by atoms with van der Waals surface area (Å²) in [5, 5.41) is 1.16. The number of halogens is 1. The van der Waals surface area contributed by atoms with Crippen LogP contribution in [-0.4, -0.2) is 46.8 Å². The molecule has 0 amide bonds. The standard InChI is InChI=1S/C21H30ClN3O2S/c1-4-15(26-3)11-13-5-10-17-18(13)19-20(23-12-24-21(19)28-17)27-16-8-6-14(7-9-16)25(2)22/h12-16H,4-11H2,1-3H3/t13-,14-,15+,16-/m1/s1. The number of fused-ring (bicyclic) bond motifs is 3. The van der Waals surface area contributed by atoms with Crippen LogP contribution in [0.1, 0.15) is 68.2 Å². The number of hydrogen-bond donors (Lipinski definition) is 0. The first-order valence-corrected chi connectivity index (χ1v) is 11.6. The third-order valence-corrected chi connectivity index (χ3v) is 7.91. The van der Waals surface area contributed by atoms with E-state index in [-0.39, 0.29) is 6.10 Å². The molecular formula is C21H30ClN3O2S. The van der Waals surface area contributed by atoms with E-state index < -0.39 is 0 Å². The van der Waals surface area contributed by atoms with Gasteiger partial charge >= 0.3 is 0 Å². The van der Waals surface area contributed by atoms with Gasteiger partial charge in [0.1, 0.15) is 17.3 Å². The highest BCUT2D eigenvalue weighted by atomic mass is 35.5. The highest BCUT2D eigenvalue weighted by Crippen LogP contribution is 2.48. The summed E-state index contributed by atoms with van der Waals surface area (Å²) in [7, 11) is 3.77. The highest BCUT2D eigenvalue weighted by molar-refractivity contribution is 7.19. The molecule has 0 saturated heterocycles. The Labute approximate surface area is 176 Å². The van der Waals surface area contributed by atoms with Crippen LogP contribution in [0.5, 0.6) is 5.88 Å². The molecule has 0 radical (unpaired) electrons. The average molecular weight is 424 g/mol. The molecule has 7 heteroatoms. The van der Waals surface area contributed by atoms with Crippen LogP contribution in [0.2, 0.25) is 0 Å². The number of rotatable bonds is 7. The average Bonchev–Trinajstić information content (AvgIpc) is 3.26. The maximum atomic E-state index is 6.45. The molecule has 2 aliphatic rings. The number of nitrogens with zero attached hydrogens (tertiary/aromatic N) is 3. The second kappa shape index (κ2) is 8.82. The van der Waals surface area contributed by atoms with E-state index in [2.05, 4.69) is 16.9 Å². The Hall–Kier alpha value is -0.950. The van der Waals surface area contributed by atoms with Crippen LogP contribution in [0.15, 0.2) is 6.33 Å². The Kier molecular flexibility index (Phi) is 6.40. The molecule has 0 aliphatic heterocycles. The molecule has 2 aromatic heterocycles. The Morgan fingerprint density at radius 3 is 2.71 bits per heavy atom. The highest BCUT2D eigenvalue weighted by Gasteiger charge is 2.32. The van der Waals surface area contributed by atoms with Crippen molar-refractivity contribution in [3.63, 3.8) is 0 Å². The lowest BCUT2D eigenvalue weighted by molar-refractivity contribution is 0.0857. The first-order valence-electron chi connectivity index (χ1n) is 10.4. The van der Waals surface area contributed by atoms with Gasteiger partial charge in [0.05, 0.1) is 11.5 Å². The van der Waals surface area contributed by atoms with Crippen LogP contribution in [0.25, 0.3) is 10.2 Å². The number of hydrogen-bond acceptors (Lipinski definition) is 6. The molecule has 2 aromatic rings. The molecule has 0 spiro atoms. The summed E-state index contributed by atoms with van der Waals surface area (Å²) in [6.45, 7) is 2.20. The second-order valence-electron chi connectivity index (χ2n) is 8.11. The molecule has 4 rings (SSSR count). The van der Waals surface area contributed by atoms with Crippen LogP contribution < -0.4 is 4.74 Å². The number of ether oxygens (including phenoxy) is 2. The lowest BCUT2D eigenvalue weighted by Crippen LogP contribution is -2.33. The summed E-state index contributed by atoms with van der Waals surface area (Å²) >= 11 is 7.95. The molecule has 1 saturated carbocycles. The van der Waals surface area contributed by atoms with Gasteiger partial charge in [-0.3, -0.25) is 0 Å². The lowest BCUT2D eigenvalue weighted by atomic mass is 9.92. The summed E-state index contributed by atoms with van der Waals surface area (Å²) in [6, 6.07) is 0.446. The third-order valence-electron chi connectivity index (χ3n) is 6.46. The van der Waals surface area contributed by atoms with E-state index >= 15 is 0 Å². The summed E-state index contributed by atoms with van der Waals surface area (Å²) in [5.74, 6) is 1.30. The van der Waals surface area contributed by atoms with Crippen molar-refractivity contribution in [3.8, 4) is 5.88 Å². The largest absolute Gasteiger partial charge is 0.474 e. The van der Waals surface area contributed by atoms with E-state index in [0.29, 0.717) is 18.1 Å². The zero-order chi connectivity index (χ0) is 19.7. The molecule has 28 heavy (non-hydrogen) atoms. The van der Waals surface area contributed by atoms with Gasteiger partial charge in [0, 0.05) is 25.1 Å². The maximum Gasteiger partial charge on any atom is 0.225 e. The Bertz CT molecular complexity index is 800. The van der Waals surface area contributed by atoms with Gasteiger partial charge in [0.2, 0.25) is 5.88 Å². The van der Waals surface area contributed by atoms with Gasteiger partial charge in [-0.1, -0.05) is 6.92 Å². The lowest BCUT2D eigenvalue weighted by Gasteiger charge is -2.31. The first-order chi connectivity index (χ1) is 13.6. The fraction of sp³-hybridized carbons (Fsp3) is 0.714. The number of methoxy groups -OCH3 is 1. The molecule has 2 heterocycles. The van der Waals surface area contributed by atoms with E-state index in [9.17, 15) is 0 Å². The predicted octanol–water partition coefficient (Wildman–Crippen LogP) is 5.31. The Balaban J connectivity index is 1.57. The summed E-state index contributed by atoms with van der Waals surface area (Å²) < 4.78 is 13.9. The molecule has 0 N–H and O–H groups in total. The van der Waals surface area contributed by atoms with Gasteiger partial charge < -0.3 is 9.47 Å². The second-order valence-corrected chi connectivity index (χ2v) is 9.73. The normalized spacial score (nSPS) is 26.0. The van der Waals surface area contributed by atoms with Crippen molar-refractivity contribution in [2.24, 2.45) is 0 Å². The first kappa shape index (κ1) is 20.3. The van der Waals surface area contributed by atoms with Gasteiger partial charge in [-0.15, -0.1) is 11.3 Å². The molecule has 5 nitrogen and oxygen atoms in total. The van der Waals surface area contributed by atoms with Crippen LogP contribution in [0.3, 0.4) is 0 Å². The van der Waals surface area contributed by atoms with E-state index in [1.54, 1.807) is 6.33 Å². The maximum absolute atomic E-state index is 6.45. The molecule has 0 unspecified atom stereocenters. The van der Waals surface area contributed by atoms with Crippen LogP contribution >= 0.6 is 23.1 Å². The van der Waals surface area contributed by atoms with Gasteiger partial charge in [0.25, 0.3) is 0 Å². The molecule has 0 bridgehead atoms. The van der Waals surface area contributed by atoms with Gasteiger partial charge in [-0.05, 0) is 74.6 Å². The van der Waals surface area contributed by atoms with Crippen molar-refractivity contribution >= 4 is 33.3 Å². The van der Waals surface area contributed by atoms with E-state index in [1.165, 1.54) is 16.9 Å². The molecular weight excluding hydrogens is 394 g/mol. The minimum absolute atomic E-state index is 0.212. The van der Waals surface area contributed by atoms with Crippen LogP contribution in [-0.2, 0) is 11.2 Å². The van der Waals surface area contributed by atoms with E-state index in [0.717, 1.165) is 61.0 Å². The number of aromatic nitrogens is 2. The van der Waals surface area contributed by atoms with Crippen molar-refractivity contribution in [2.75, 3.05) is 14.2 Å². The summed E-state index contributed by atoms with van der Waals surface area (Å²) in [6.07, 6.45) is 10.8. The Morgan fingerprint density at radius 1 is 1.25 bits per heavy atom. The Morgan fingerprint density at radius 2 is 2.04 bits per heavy atom. The molecule has 2 aliphatic carbocycles. The van der Waals surface area contributed by atoms with Crippen molar-refractivity contribution in [3.05, 3.63) is 16.8 Å². The fourth-order valence-electron chi connectivity index (χ4n) is 4.79. The zero-order valence-electron chi connectivity index (χ0n) is 17.0. The van der Waals surface area contributed by atoms with Crippen molar-refractivity contribution < 1.29 is 9.47 Å². The SMILES string of the molecule is CC[C@@H](C[C@H]1CCc2sc3ncnc(O[C@H]4CC[C@H](N(C)Cl)CC4)c3c21)OC. The molecule has 1 fully saturated rings. The monoisotopic (exact) mass is 423 g/mol. The van der Waals surface area contributed by atoms with Gasteiger partial charge in [-0.2, -0.15) is 0 Å². The van der Waals surface area contributed by atoms with E-state index in [4.69, 9.17) is 21.3 Å². The summed E-state index contributed by atoms with van der Waals surface area (Å²) in [4.78, 5) is 11.7.